The zero-order valence-electron chi connectivity index (χ0n) is 8.28. The largest absolute Gasteiger partial charge is 0.354 e. The average molecular weight is 256 g/mol. The number of nitrogens with zero attached hydrogens (tertiary/aromatic N) is 3. The van der Waals surface area contributed by atoms with Gasteiger partial charge in [-0.15, -0.1) is 0 Å². The highest BCUT2D eigenvalue weighted by atomic mass is 79.9. The summed E-state index contributed by atoms with van der Waals surface area (Å²) in [6.07, 6.45) is 6.00. The Hall–Kier alpha value is -0.640. The molecule has 1 atom stereocenters. The highest BCUT2D eigenvalue weighted by Gasteiger charge is 2.19. The molecule has 0 N–H and O–H groups in total. The van der Waals surface area contributed by atoms with Crippen molar-refractivity contribution >= 4 is 21.7 Å². The molecule has 0 aliphatic carbocycles. The number of aryl methyl sites for hydroxylation is 1. The van der Waals surface area contributed by atoms with Crippen molar-refractivity contribution < 1.29 is 0 Å². The van der Waals surface area contributed by atoms with Crippen LogP contribution in [0.3, 0.4) is 0 Å². The quantitative estimate of drug-likeness (QED) is 0.721. The van der Waals surface area contributed by atoms with Crippen LogP contribution >= 0.6 is 15.9 Å². The fraction of sp³-hybridized carbons (Fsp3) is 0.600. The Kier molecular flexibility index (Phi) is 3.01. The van der Waals surface area contributed by atoms with Crippen LogP contribution in [0.5, 0.6) is 0 Å². The molecule has 0 radical (unpaired) electrons. The predicted molar refractivity (Wildman–Crippen MR) is 60.9 cm³/mol. The fourth-order valence-corrected chi connectivity index (χ4v) is 2.50. The molecule has 1 aliphatic heterocycles. The third-order valence-electron chi connectivity index (χ3n) is 2.52. The highest BCUT2D eigenvalue weighted by molar-refractivity contribution is 9.09. The molecule has 0 spiro atoms. The zero-order valence-corrected chi connectivity index (χ0v) is 9.87. The van der Waals surface area contributed by atoms with Gasteiger partial charge in [0.05, 0.1) is 5.69 Å². The van der Waals surface area contributed by atoms with Crippen LogP contribution in [0.1, 0.15) is 18.5 Å². The van der Waals surface area contributed by atoms with Gasteiger partial charge in [-0.2, -0.15) is 0 Å². The summed E-state index contributed by atoms with van der Waals surface area (Å²) in [7, 11) is 0. The number of hydrogen-bond acceptors (Lipinski definition) is 3. The van der Waals surface area contributed by atoms with E-state index in [0.717, 1.165) is 24.6 Å². The van der Waals surface area contributed by atoms with E-state index in [1.165, 1.54) is 12.8 Å². The Morgan fingerprint density at radius 2 is 2.21 bits per heavy atom. The molecule has 2 heterocycles. The smallest absolute Gasteiger partial charge is 0.150 e. The lowest BCUT2D eigenvalue weighted by atomic mass is 10.1. The Bertz CT molecular complexity index is 316. The number of halogens is 1. The van der Waals surface area contributed by atoms with E-state index in [-0.39, 0.29) is 0 Å². The van der Waals surface area contributed by atoms with Crippen molar-refractivity contribution in [2.24, 2.45) is 0 Å². The van der Waals surface area contributed by atoms with Gasteiger partial charge in [0.25, 0.3) is 0 Å². The molecule has 4 heteroatoms. The Morgan fingerprint density at radius 1 is 1.43 bits per heavy atom. The first kappa shape index (κ1) is 9.90. The molecule has 0 saturated carbocycles. The molecule has 1 unspecified atom stereocenters. The maximum Gasteiger partial charge on any atom is 0.150 e. The van der Waals surface area contributed by atoms with E-state index in [1.54, 1.807) is 12.4 Å². The third-order valence-corrected chi connectivity index (χ3v) is 3.27. The Morgan fingerprint density at radius 3 is 2.93 bits per heavy atom. The van der Waals surface area contributed by atoms with Gasteiger partial charge in [0.15, 0.2) is 0 Å². The molecule has 1 saturated heterocycles. The summed E-state index contributed by atoms with van der Waals surface area (Å²) in [5.74, 6) is 1.04. The van der Waals surface area contributed by atoms with Crippen LogP contribution in [0.25, 0.3) is 0 Å². The third kappa shape index (κ3) is 2.05. The van der Waals surface area contributed by atoms with Gasteiger partial charge in [-0.25, -0.2) is 4.98 Å². The fourth-order valence-electron chi connectivity index (χ4n) is 1.83. The van der Waals surface area contributed by atoms with Gasteiger partial charge in [-0.1, -0.05) is 15.9 Å². The molecule has 1 fully saturated rings. The molecule has 3 nitrogen and oxygen atoms in total. The second-order valence-electron chi connectivity index (χ2n) is 3.65. The molecule has 76 valence electrons. The number of hydrogen-bond donors (Lipinski definition) is 0. The van der Waals surface area contributed by atoms with Crippen molar-refractivity contribution in [1.82, 2.24) is 9.97 Å². The van der Waals surface area contributed by atoms with Gasteiger partial charge in [-0.3, -0.25) is 4.98 Å². The van der Waals surface area contributed by atoms with Gasteiger partial charge in [0.1, 0.15) is 5.82 Å². The van der Waals surface area contributed by atoms with Crippen molar-refractivity contribution in [3.05, 3.63) is 18.1 Å². The van der Waals surface area contributed by atoms with Crippen molar-refractivity contribution in [3.8, 4) is 0 Å². The first-order valence-electron chi connectivity index (χ1n) is 4.94. The molecule has 1 aromatic rings. The minimum absolute atomic E-state index is 0.595. The molecular formula is C10H14BrN3. The van der Waals surface area contributed by atoms with Crippen LogP contribution in [-0.4, -0.2) is 27.9 Å². The van der Waals surface area contributed by atoms with Crippen molar-refractivity contribution in [1.29, 1.82) is 0 Å². The Labute approximate surface area is 92.7 Å². The summed E-state index contributed by atoms with van der Waals surface area (Å²) in [5.41, 5.74) is 1.02. The van der Waals surface area contributed by atoms with Crippen LogP contribution in [0, 0.1) is 6.92 Å². The Balaban J connectivity index is 2.18. The van der Waals surface area contributed by atoms with Gasteiger partial charge < -0.3 is 4.90 Å². The maximum absolute atomic E-state index is 4.38. The number of aromatic nitrogens is 2. The van der Waals surface area contributed by atoms with E-state index >= 15 is 0 Å². The van der Waals surface area contributed by atoms with E-state index < -0.39 is 0 Å². The minimum Gasteiger partial charge on any atom is -0.354 e. The summed E-state index contributed by atoms with van der Waals surface area (Å²) >= 11 is 3.66. The van der Waals surface area contributed by atoms with Crippen LogP contribution in [-0.2, 0) is 0 Å². The summed E-state index contributed by atoms with van der Waals surface area (Å²) in [5, 5.41) is 0. The zero-order chi connectivity index (χ0) is 9.97. The summed E-state index contributed by atoms with van der Waals surface area (Å²) in [6.45, 7) is 4.15. The van der Waals surface area contributed by atoms with E-state index in [1.807, 2.05) is 6.92 Å². The first-order chi connectivity index (χ1) is 6.77. The lowest BCUT2D eigenvalue weighted by molar-refractivity contribution is 0.589. The lowest BCUT2D eigenvalue weighted by Crippen LogP contribution is -2.36. The normalized spacial score (nSPS) is 22.4. The second kappa shape index (κ2) is 4.26. The topological polar surface area (TPSA) is 29.0 Å². The predicted octanol–water partition coefficient (Wildman–Crippen LogP) is 2.15. The van der Waals surface area contributed by atoms with E-state index in [4.69, 9.17) is 0 Å². The molecule has 1 aliphatic rings. The van der Waals surface area contributed by atoms with E-state index in [2.05, 4.69) is 30.8 Å². The lowest BCUT2D eigenvalue weighted by Gasteiger charge is -2.31. The molecule has 0 aromatic carbocycles. The molecule has 1 aromatic heterocycles. The highest BCUT2D eigenvalue weighted by Crippen LogP contribution is 2.22. The maximum atomic E-state index is 4.38. The van der Waals surface area contributed by atoms with Crippen LogP contribution in [0.15, 0.2) is 12.4 Å². The summed E-state index contributed by atoms with van der Waals surface area (Å²) in [6, 6.07) is 0. The standard InChI is InChI=1S/C10H14BrN3/c1-8-10(13-5-4-12-8)14-6-2-3-9(11)7-14/h4-5,9H,2-3,6-7H2,1H3. The van der Waals surface area contributed by atoms with Crippen molar-refractivity contribution in [3.63, 3.8) is 0 Å². The van der Waals surface area contributed by atoms with Crippen LogP contribution < -0.4 is 4.90 Å². The monoisotopic (exact) mass is 255 g/mol. The number of alkyl halides is 1. The van der Waals surface area contributed by atoms with Gasteiger partial charge in [0.2, 0.25) is 0 Å². The van der Waals surface area contributed by atoms with Crippen LogP contribution in [0.4, 0.5) is 5.82 Å². The minimum atomic E-state index is 0.595. The number of piperidine rings is 1. The molecule has 0 bridgehead atoms. The van der Waals surface area contributed by atoms with Gasteiger partial charge in [0, 0.05) is 30.3 Å². The molecule has 0 amide bonds. The molecule has 14 heavy (non-hydrogen) atoms. The van der Waals surface area contributed by atoms with Crippen LogP contribution in [0.2, 0.25) is 0 Å². The number of rotatable bonds is 1. The number of anilines is 1. The SMILES string of the molecule is Cc1nccnc1N1CCCC(Br)C1. The van der Waals surface area contributed by atoms with E-state index in [0.29, 0.717) is 4.83 Å². The van der Waals surface area contributed by atoms with Crippen molar-refractivity contribution in [2.45, 2.75) is 24.6 Å². The molecular weight excluding hydrogens is 242 g/mol. The molecule has 2 rings (SSSR count). The first-order valence-corrected chi connectivity index (χ1v) is 5.85. The second-order valence-corrected chi connectivity index (χ2v) is 4.95. The summed E-state index contributed by atoms with van der Waals surface area (Å²) in [4.78, 5) is 11.5. The van der Waals surface area contributed by atoms with Gasteiger partial charge >= 0.3 is 0 Å². The average Bonchev–Trinajstić information content (AvgIpc) is 2.18. The summed E-state index contributed by atoms with van der Waals surface area (Å²) < 4.78 is 0. The van der Waals surface area contributed by atoms with E-state index in [9.17, 15) is 0 Å². The van der Waals surface area contributed by atoms with Gasteiger partial charge in [-0.05, 0) is 19.8 Å². The van der Waals surface area contributed by atoms with Crippen molar-refractivity contribution in [2.75, 3.05) is 18.0 Å².